The van der Waals surface area contributed by atoms with Crippen molar-refractivity contribution < 1.29 is 17.3 Å². The SMILES string of the molecule is COc1cccc(OS(=O)(=O)c2ccccc2)c1C. The first-order valence-corrected chi connectivity index (χ1v) is 7.08. The van der Waals surface area contributed by atoms with Gasteiger partial charge in [0, 0.05) is 5.56 Å². The summed E-state index contributed by atoms with van der Waals surface area (Å²) in [6.45, 7) is 1.74. The van der Waals surface area contributed by atoms with E-state index in [9.17, 15) is 8.42 Å². The Balaban J connectivity index is 2.37. The number of ether oxygens (including phenoxy) is 1. The van der Waals surface area contributed by atoms with Crippen LogP contribution in [-0.2, 0) is 10.1 Å². The zero-order chi connectivity index (χ0) is 13.9. The van der Waals surface area contributed by atoms with Gasteiger partial charge >= 0.3 is 10.1 Å². The highest BCUT2D eigenvalue weighted by Gasteiger charge is 2.18. The predicted octanol–water partition coefficient (Wildman–Crippen LogP) is 2.77. The summed E-state index contributed by atoms with van der Waals surface area (Å²) >= 11 is 0. The van der Waals surface area contributed by atoms with Crippen molar-refractivity contribution in [3.05, 3.63) is 54.1 Å². The molecule has 0 fully saturated rings. The third-order valence-corrected chi connectivity index (χ3v) is 3.93. The lowest BCUT2D eigenvalue weighted by atomic mass is 10.2. The van der Waals surface area contributed by atoms with Gasteiger partial charge in [0.2, 0.25) is 0 Å². The minimum Gasteiger partial charge on any atom is -0.496 e. The molecule has 0 saturated heterocycles. The lowest BCUT2D eigenvalue weighted by molar-refractivity contribution is 0.407. The van der Waals surface area contributed by atoms with Crippen molar-refractivity contribution in [2.75, 3.05) is 7.11 Å². The molecule has 0 amide bonds. The van der Waals surface area contributed by atoms with Gasteiger partial charge < -0.3 is 8.92 Å². The Bertz CT molecular complexity index is 663. The molecule has 4 nitrogen and oxygen atoms in total. The second-order valence-electron chi connectivity index (χ2n) is 3.93. The molecular formula is C14H14O4S. The van der Waals surface area contributed by atoms with E-state index in [2.05, 4.69) is 0 Å². The zero-order valence-corrected chi connectivity index (χ0v) is 11.5. The molecule has 0 N–H and O–H groups in total. The van der Waals surface area contributed by atoms with Gasteiger partial charge in [-0.1, -0.05) is 24.3 Å². The second kappa shape index (κ2) is 5.32. The van der Waals surface area contributed by atoms with Crippen molar-refractivity contribution in [2.24, 2.45) is 0 Å². The summed E-state index contributed by atoms with van der Waals surface area (Å²) in [6, 6.07) is 13.0. The van der Waals surface area contributed by atoms with Crippen molar-refractivity contribution in [1.82, 2.24) is 0 Å². The Morgan fingerprint density at radius 2 is 1.53 bits per heavy atom. The van der Waals surface area contributed by atoms with Crippen LogP contribution in [-0.4, -0.2) is 15.5 Å². The van der Waals surface area contributed by atoms with E-state index in [1.54, 1.807) is 43.3 Å². The number of rotatable bonds is 4. The van der Waals surface area contributed by atoms with Crippen molar-refractivity contribution in [1.29, 1.82) is 0 Å². The number of hydrogen-bond acceptors (Lipinski definition) is 4. The first-order valence-electron chi connectivity index (χ1n) is 5.68. The standard InChI is InChI=1S/C14H14O4S/c1-11-13(17-2)9-6-10-14(11)18-19(15,16)12-7-4-3-5-8-12/h3-10H,1-2H3. The zero-order valence-electron chi connectivity index (χ0n) is 10.7. The highest BCUT2D eigenvalue weighted by atomic mass is 32.2. The maximum Gasteiger partial charge on any atom is 0.339 e. The number of benzene rings is 2. The van der Waals surface area contributed by atoms with Crippen molar-refractivity contribution >= 4 is 10.1 Å². The molecule has 100 valence electrons. The summed E-state index contributed by atoms with van der Waals surface area (Å²) in [5.41, 5.74) is 0.643. The fraction of sp³-hybridized carbons (Fsp3) is 0.143. The van der Waals surface area contributed by atoms with Gasteiger partial charge in [0.25, 0.3) is 0 Å². The molecule has 2 aromatic carbocycles. The van der Waals surface area contributed by atoms with E-state index in [0.717, 1.165) is 0 Å². The first-order chi connectivity index (χ1) is 9.04. The van der Waals surface area contributed by atoms with Crippen LogP contribution in [0.3, 0.4) is 0 Å². The molecule has 2 rings (SSSR count). The molecule has 0 aliphatic carbocycles. The fourth-order valence-electron chi connectivity index (χ4n) is 1.66. The normalized spacial score (nSPS) is 11.1. The van der Waals surface area contributed by atoms with Gasteiger partial charge in [0.1, 0.15) is 16.4 Å². The van der Waals surface area contributed by atoms with Crippen LogP contribution in [0.15, 0.2) is 53.4 Å². The highest BCUT2D eigenvalue weighted by molar-refractivity contribution is 7.87. The summed E-state index contributed by atoms with van der Waals surface area (Å²) in [7, 11) is -2.29. The van der Waals surface area contributed by atoms with Crippen LogP contribution in [0.2, 0.25) is 0 Å². The van der Waals surface area contributed by atoms with Crippen molar-refractivity contribution in [2.45, 2.75) is 11.8 Å². The van der Waals surface area contributed by atoms with Gasteiger partial charge in [0.15, 0.2) is 0 Å². The van der Waals surface area contributed by atoms with Gasteiger partial charge in [0.05, 0.1) is 7.11 Å². The summed E-state index contributed by atoms with van der Waals surface area (Å²) < 4.78 is 34.5. The van der Waals surface area contributed by atoms with E-state index >= 15 is 0 Å². The highest BCUT2D eigenvalue weighted by Crippen LogP contribution is 2.29. The maximum atomic E-state index is 12.1. The lowest BCUT2D eigenvalue weighted by Crippen LogP contribution is -2.10. The van der Waals surface area contributed by atoms with Crippen LogP contribution in [0.1, 0.15) is 5.56 Å². The van der Waals surface area contributed by atoms with E-state index in [0.29, 0.717) is 11.3 Å². The average Bonchev–Trinajstić information content (AvgIpc) is 2.42. The van der Waals surface area contributed by atoms with Crippen LogP contribution in [0.5, 0.6) is 11.5 Å². The molecule has 0 bridgehead atoms. The molecule has 0 heterocycles. The third kappa shape index (κ3) is 2.88. The summed E-state index contributed by atoms with van der Waals surface area (Å²) in [5, 5.41) is 0. The smallest absolute Gasteiger partial charge is 0.339 e. The lowest BCUT2D eigenvalue weighted by Gasteiger charge is -2.11. The van der Waals surface area contributed by atoms with E-state index in [1.807, 2.05) is 0 Å². The van der Waals surface area contributed by atoms with Crippen LogP contribution in [0.25, 0.3) is 0 Å². The van der Waals surface area contributed by atoms with Crippen molar-refractivity contribution in [3.8, 4) is 11.5 Å². The predicted molar refractivity (Wildman–Crippen MR) is 72.0 cm³/mol. The van der Waals surface area contributed by atoms with Crippen LogP contribution >= 0.6 is 0 Å². The molecule has 5 heteroatoms. The summed E-state index contributed by atoms with van der Waals surface area (Å²) in [5.74, 6) is 0.851. The maximum absolute atomic E-state index is 12.1. The molecule has 0 radical (unpaired) electrons. The molecule has 0 spiro atoms. The Kier molecular flexibility index (Phi) is 3.76. The summed E-state index contributed by atoms with van der Waals surface area (Å²) in [6.07, 6.45) is 0. The molecular weight excluding hydrogens is 264 g/mol. The van der Waals surface area contributed by atoms with E-state index in [1.165, 1.54) is 19.2 Å². The monoisotopic (exact) mass is 278 g/mol. The Hall–Kier alpha value is -2.01. The van der Waals surface area contributed by atoms with Crippen LogP contribution in [0.4, 0.5) is 0 Å². The van der Waals surface area contributed by atoms with Crippen LogP contribution in [0, 0.1) is 6.92 Å². The van der Waals surface area contributed by atoms with Gasteiger partial charge in [-0.25, -0.2) is 0 Å². The molecule has 0 aliphatic heterocycles. The van der Waals surface area contributed by atoms with Gasteiger partial charge in [-0.2, -0.15) is 8.42 Å². The Labute approximate surface area is 112 Å². The van der Waals surface area contributed by atoms with E-state index < -0.39 is 10.1 Å². The fourth-order valence-corrected chi connectivity index (χ4v) is 2.66. The molecule has 0 atom stereocenters. The quantitative estimate of drug-likeness (QED) is 0.807. The average molecular weight is 278 g/mol. The van der Waals surface area contributed by atoms with Crippen LogP contribution < -0.4 is 8.92 Å². The largest absolute Gasteiger partial charge is 0.496 e. The molecule has 0 aromatic heterocycles. The van der Waals surface area contributed by atoms with E-state index in [-0.39, 0.29) is 10.6 Å². The molecule has 0 saturated carbocycles. The van der Waals surface area contributed by atoms with Gasteiger partial charge in [-0.05, 0) is 31.2 Å². The number of methoxy groups -OCH3 is 1. The topological polar surface area (TPSA) is 52.6 Å². The Morgan fingerprint density at radius 3 is 2.16 bits per heavy atom. The first kappa shape index (κ1) is 13.4. The van der Waals surface area contributed by atoms with Gasteiger partial charge in [-0.3, -0.25) is 0 Å². The van der Waals surface area contributed by atoms with Gasteiger partial charge in [-0.15, -0.1) is 0 Å². The number of hydrogen-bond donors (Lipinski definition) is 0. The Morgan fingerprint density at radius 1 is 0.895 bits per heavy atom. The summed E-state index contributed by atoms with van der Waals surface area (Å²) in [4.78, 5) is 0.122. The minimum absolute atomic E-state index is 0.122. The second-order valence-corrected chi connectivity index (χ2v) is 5.48. The molecule has 19 heavy (non-hydrogen) atoms. The third-order valence-electron chi connectivity index (χ3n) is 2.69. The minimum atomic E-state index is -3.82. The molecule has 2 aromatic rings. The van der Waals surface area contributed by atoms with E-state index in [4.69, 9.17) is 8.92 Å². The molecule has 0 unspecified atom stereocenters. The molecule has 0 aliphatic rings. The van der Waals surface area contributed by atoms with Crippen molar-refractivity contribution in [3.63, 3.8) is 0 Å².